The molecule has 0 bridgehead atoms. The molecular formula is C18H16N4O2S2. The molecule has 1 aliphatic rings. The van der Waals surface area contributed by atoms with Crippen LogP contribution in [0.2, 0.25) is 0 Å². The molecule has 0 spiro atoms. The normalized spacial score (nSPS) is 18.9. The van der Waals surface area contributed by atoms with Gasteiger partial charge in [0.25, 0.3) is 0 Å². The van der Waals surface area contributed by atoms with Crippen molar-refractivity contribution in [2.24, 2.45) is 5.11 Å². The van der Waals surface area contributed by atoms with Crippen LogP contribution in [0.15, 0.2) is 65.8 Å². The third-order valence-electron chi connectivity index (χ3n) is 4.16. The maximum atomic E-state index is 13.1. The van der Waals surface area contributed by atoms with Crippen molar-refractivity contribution < 1.29 is 9.90 Å². The molecule has 0 aromatic heterocycles. The van der Waals surface area contributed by atoms with Crippen LogP contribution in [-0.4, -0.2) is 32.0 Å². The van der Waals surface area contributed by atoms with E-state index in [0.29, 0.717) is 15.6 Å². The number of carbonyl (C=O) groups excluding carboxylic acids is 1. The van der Waals surface area contributed by atoms with Gasteiger partial charge in [0, 0.05) is 10.7 Å². The zero-order valence-electron chi connectivity index (χ0n) is 13.7. The zero-order valence-corrected chi connectivity index (χ0v) is 15.3. The summed E-state index contributed by atoms with van der Waals surface area (Å²) in [6.45, 7) is 0. The van der Waals surface area contributed by atoms with E-state index in [9.17, 15) is 9.90 Å². The van der Waals surface area contributed by atoms with Gasteiger partial charge in [-0.25, -0.2) is 0 Å². The maximum absolute atomic E-state index is 13.1. The molecule has 132 valence electrons. The van der Waals surface area contributed by atoms with Crippen LogP contribution in [0.25, 0.3) is 10.4 Å². The molecule has 2 aromatic rings. The van der Waals surface area contributed by atoms with Gasteiger partial charge in [0.15, 0.2) is 0 Å². The number of hydrogen-bond donors (Lipinski definition) is 1. The number of aliphatic hydroxyl groups is 1. The molecule has 1 aliphatic heterocycles. The Balaban J connectivity index is 1.92. The van der Waals surface area contributed by atoms with Crippen LogP contribution in [0.1, 0.15) is 23.3 Å². The number of thioether (sulfide) groups is 1. The Bertz CT molecular complexity index is 837. The van der Waals surface area contributed by atoms with E-state index in [-0.39, 0.29) is 6.04 Å². The fourth-order valence-corrected chi connectivity index (χ4v) is 4.28. The Kier molecular flexibility index (Phi) is 5.90. The highest BCUT2D eigenvalue weighted by molar-refractivity contribution is 8.23. The number of nitrogens with zero attached hydrogens (tertiary/aromatic N) is 4. The first-order valence-electron chi connectivity index (χ1n) is 7.95. The number of amides is 1. The van der Waals surface area contributed by atoms with Gasteiger partial charge >= 0.3 is 0 Å². The van der Waals surface area contributed by atoms with Crippen LogP contribution in [0.4, 0.5) is 0 Å². The van der Waals surface area contributed by atoms with Crippen molar-refractivity contribution in [3.05, 3.63) is 82.2 Å². The quantitative estimate of drug-likeness (QED) is 0.365. The van der Waals surface area contributed by atoms with Gasteiger partial charge in [0.2, 0.25) is 5.91 Å². The Labute approximate surface area is 160 Å². The van der Waals surface area contributed by atoms with Crippen molar-refractivity contribution in [3.8, 4) is 0 Å². The lowest BCUT2D eigenvalue weighted by atomic mass is 10.0. The van der Waals surface area contributed by atoms with Crippen molar-refractivity contribution in [3.63, 3.8) is 0 Å². The van der Waals surface area contributed by atoms with Crippen LogP contribution in [0, 0.1) is 0 Å². The SMILES string of the molecule is [N-]=[N+]=N[C@@H](C(=O)N1C(=S)SC[C@H]1c1ccccc1)[C@@H](O)c1ccccc1. The zero-order chi connectivity index (χ0) is 18.5. The Morgan fingerprint density at radius 1 is 1.23 bits per heavy atom. The largest absolute Gasteiger partial charge is 0.387 e. The number of carbonyl (C=O) groups is 1. The second-order valence-electron chi connectivity index (χ2n) is 5.72. The molecular weight excluding hydrogens is 368 g/mol. The van der Waals surface area contributed by atoms with Crippen LogP contribution in [0.3, 0.4) is 0 Å². The Morgan fingerprint density at radius 3 is 2.46 bits per heavy atom. The van der Waals surface area contributed by atoms with Crippen molar-refractivity contribution in [2.75, 3.05) is 5.75 Å². The van der Waals surface area contributed by atoms with Gasteiger partial charge < -0.3 is 5.11 Å². The smallest absolute Gasteiger partial charge is 0.240 e. The van der Waals surface area contributed by atoms with Crippen molar-refractivity contribution in [2.45, 2.75) is 18.2 Å². The van der Waals surface area contributed by atoms with Crippen molar-refractivity contribution in [1.82, 2.24) is 4.90 Å². The molecule has 1 saturated heterocycles. The topological polar surface area (TPSA) is 89.3 Å². The van der Waals surface area contributed by atoms with Gasteiger partial charge in [-0.3, -0.25) is 9.69 Å². The first-order chi connectivity index (χ1) is 12.6. The summed E-state index contributed by atoms with van der Waals surface area (Å²) in [7, 11) is 0. The van der Waals surface area contributed by atoms with E-state index in [1.54, 1.807) is 30.3 Å². The van der Waals surface area contributed by atoms with Gasteiger partial charge in [-0.1, -0.05) is 89.8 Å². The molecule has 3 rings (SSSR count). The standard InChI is InChI=1S/C18H16N4O2S2/c19-21-20-15(16(23)13-9-5-2-6-10-13)17(24)22-14(11-26-18(22)25)12-7-3-1-4-8-12/h1-10,14-16,23H,11H2/t14-,15+,16-/m0/s1. The first-order valence-corrected chi connectivity index (χ1v) is 9.35. The molecule has 0 unspecified atom stereocenters. The van der Waals surface area contributed by atoms with E-state index in [1.165, 1.54) is 16.7 Å². The molecule has 6 nitrogen and oxygen atoms in total. The second-order valence-corrected chi connectivity index (χ2v) is 7.37. The minimum absolute atomic E-state index is 0.249. The summed E-state index contributed by atoms with van der Waals surface area (Å²) in [6, 6.07) is 16.7. The van der Waals surface area contributed by atoms with E-state index in [2.05, 4.69) is 10.0 Å². The number of hydrogen-bond acceptors (Lipinski definition) is 5. The average molecular weight is 384 g/mol. The molecule has 0 radical (unpaired) electrons. The molecule has 1 N–H and O–H groups in total. The highest BCUT2D eigenvalue weighted by atomic mass is 32.2. The van der Waals surface area contributed by atoms with Gasteiger partial charge in [0.1, 0.15) is 10.4 Å². The highest BCUT2D eigenvalue weighted by Crippen LogP contribution is 2.37. The first kappa shape index (κ1) is 18.4. The monoisotopic (exact) mass is 384 g/mol. The van der Waals surface area contributed by atoms with Crippen LogP contribution in [-0.2, 0) is 4.79 Å². The summed E-state index contributed by atoms with van der Waals surface area (Å²) in [5.41, 5.74) is 10.4. The Hall–Kier alpha value is -2.38. The lowest BCUT2D eigenvalue weighted by molar-refractivity contribution is -0.132. The molecule has 8 heteroatoms. The Morgan fingerprint density at radius 2 is 1.85 bits per heavy atom. The molecule has 1 fully saturated rings. The lowest BCUT2D eigenvalue weighted by Crippen LogP contribution is -2.42. The van der Waals surface area contributed by atoms with Gasteiger partial charge in [-0.15, -0.1) is 0 Å². The maximum Gasteiger partial charge on any atom is 0.240 e. The number of rotatable bonds is 5. The van der Waals surface area contributed by atoms with E-state index < -0.39 is 18.1 Å². The van der Waals surface area contributed by atoms with E-state index in [0.717, 1.165) is 5.56 Å². The molecule has 1 heterocycles. The summed E-state index contributed by atoms with van der Waals surface area (Å²) < 4.78 is 0.419. The van der Waals surface area contributed by atoms with Crippen LogP contribution < -0.4 is 0 Å². The summed E-state index contributed by atoms with van der Waals surface area (Å²) >= 11 is 6.75. The van der Waals surface area contributed by atoms with Gasteiger partial charge in [0.05, 0.1) is 12.1 Å². The van der Waals surface area contributed by atoms with E-state index in [4.69, 9.17) is 17.7 Å². The predicted molar refractivity (Wildman–Crippen MR) is 105 cm³/mol. The van der Waals surface area contributed by atoms with Crippen LogP contribution >= 0.6 is 24.0 Å². The molecule has 1 amide bonds. The van der Waals surface area contributed by atoms with Crippen molar-refractivity contribution >= 4 is 34.2 Å². The van der Waals surface area contributed by atoms with E-state index >= 15 is 0 Å². The fourth-order valence-electron chi connectivity index (χ4n) is 2.86. The van der Waals surface area contributed by atoms with Gasteiger partial charge in [-0.05, 0) is 16.7 Å². The number of benzene rings is 2. The van der Waals surface area contributed by atoms with Crippen molar-refractivity contribution in [1.29, 1.82) is 0 Å². The number of aliphatic hydroxyl groups excluding tert-OH is 1. The second kappa shape index (κ2) is 8.33. The van der Waals surface area contributed by atoms with E-state index in [1.807, 2.05) is 30.3 Å². The third-order valence-corrected chi connectivity index (χ3v) is 5.64. The minimum Gasteiger partial charge on any atom is -0.387 e. The van der Waals surface area contributed by atoms with Gasteiger partial charge in [-0.2, -0.15) is 0 Å². The molecule has 3 atom stereocenters. The fraction of sp³-hybridized carbons (Fsp3) is 0.222. The number of azide groups is 1. The minimum atomic E-state index is -1.29. The molecule has 26 heavy (non-hydrogen) atoms. The lowest BCUT2D eigenvalue weighted by Gasteiger charge is -2.28. The summed E-state index contributed by atoms with van der Waals surface area (Å²) in [5, 5.41) is 14.2. The number of thiocarbonyl (C=S) groups is 1. The third kappa shape index (κ3) is 3.73. The summed E-state index contributed by atoms with van der Waals surface area (Å²) in [6.07, 6.45) is -1.25. The molecule has 0 saturated carbocycles. The highest BCUT2D eigenvalue weighted by Gasteiger charge is 2.40. The molecule has 0 aliphatic carbocycles. The summed E-state index contributed by atoms with van der Waals surface area (Å²) in [4.78, 5) is 17.4. The predicted octanol–water partition coefficient (Wildman–Crippen LogP) is 4.00. The summed E-state index contributed by atoms with van der Waals surface area (Å²) in [5.74, 6) is 0.127. The average Bonchev–Trinajstić information content (AvgIpc) is 3.08. The molecule has 2 aromatic carbocycles. The van der Waals surface area contributed by atoms with Crippen LogP contribution in [0.5, 0.6) is 0 Å².